The molecule has 3 aromatic rings. The predicted octanol–water partition coefficient (Wildman–Crippen LogP) is 5.58. The molecule has 1 saturated carbocycles. The molecule has 1 aliphatic rings. The van der Waals surface area contributed by atoms with Gasteiger partial charge in [0, 0.05) is 32.0 Å². The van der Waals surface area contributed by atoms with E-state index in [1.807, 2.05) is 90.6 Å². The van der Waals surface area contributed by atoms with Crippen LogP contribution < -0.4 is 10.2 Å². The maximum Gasteiger partial charge on any atom is 0.250 e. The Hall–Kier alpha value is -3.60. The van der Waals surface area contributed by atoms with Crippen molar-refractivity contribution in [2.75, 3.05) is 24.3 Å². The third-order valence-corrected chi connectivity index (χ3v) is 7.10. The van der Waals surface area contributed by atoms with Crippen LogP contribution in [0.1, 0.15) is 42.4 Å². The average molecular weight is 470 g/mol. The van der Waals surface area contributed by atoms with Crippen LogP contribution in [0.3, 0.4) is 0 Å². The Morgan fingerprint density at radius 3 is 2.11 bits per heavy atom. The SMILES string of the molecule is Cc1ccccc1CN(C(=O)Cc1ccccc1)C1(C(=O)Nc2ccc(N(C)C)cc2)CCCC1. The van der Waals surface area contributed by atoms with Crippen molar-refractivity contribution in [3.05, 3.63) is 95.6 Å². The maximum absolute atomic E-state index is 13.9. The molecule has 0 bridgehead atoms. The molecule has 0 atom stereocenters. The smallest absolute Gasteiger partial charge is 0.250 e. The van der Waals surface area contributed by atoms with E-state index < -0.39 is 5.54 Å². The number of nitrogens with one attached hydrogen (secondary N) is 1. The largest absolute Gasteiger partial charge is 0.378 e. The van der Waals surface area contributed by atoms with Crippen LogP contribution in [0.4, 0.5) is 11.4 Å². The Labute approximate surface area is 208 Å². The molecule has 0 spiro atoms. The number of amides is 2. The molecule has 0 aliphatic heterocycles. The first-order chi connectivity index (χ1) is 16.9. The summed E-state index contributed by atoms with van der Waals surface area (Å²) in [6.07, 6.45) is 3.47. The van der Waals surface area contributed by atoms with Crippen LogP contribution in [0.15, 0.2) is 78.9 Å². The molecule has 4 rings (SSSR count). The molecule has 0 saturated heterocycles. The summed E-state index contributed by atoms with van der Waals surface area (Å²) in [5, 5.41) is 3.14. The Bertz CT molecular complexity index is 1150. The molecule has 182 valence electrons. The second kappa shape index (κ2) is 10.8. The van der Waals surface area contributed by atoms with Gasteiger partial charge < -0.3 is 15.1 Å². The van der Waals surface area contributed by atoms with Crippen molar-refractivity contribution < 1.29 is 9.59 Å². The summed E-state index contributed by atoms with van der Waals surface area (Å²) < 4.78 is 0. The molecular weight excluding hydrogens is 434 g/mol. The number of rotatable bonds is 8. The molecule has 5 heteroatoms. The highest BCUT2D eigenvalue weighted by Gasteiger charge is 2.48. The number of carbonyl (C=O) groups excluding carboxylic acids is 2. The lowest BCUT2D eigenvalue weighted by atomic mass is 9.91. The Morgan fingerprint density at radius 1 is 0.857 bits per heavy atom. The number of anilines is 2. The fraction of sp³-hybridized carbons (Fsp3) is 0.333. The summed E-state index contributed by atoms with van der Waals surface area (Å²) in [7, 11) is 3.98. The topological polar surface area (TPSA) is 52.7 Å². The Kier molecular flexibility index (Phi) is 7.54. The average Bonchev–Trinajstić information content (AvgIpc) is 3.35. The number of nitrogens with zero attached hydrogens (tertiary/aromatic N) is 2. The van der Waals surface area contributed by atoms with Crippen molar-refractivity contribution in [1.82, 2.24) is 4.90 Å². The minimum atomic E-state index is -0.867. The fourth-order valence-corrected chi connectivity index (χ4v) is 4.97. The van der Waals surface area contributed by atoms with Crippen LogP contribution in [-0.2, 0) is 22.6 Å². The molecule has 0 aromatic heterocycles. The second-order valence-electron chi connectivity index (χ2n) is 9.70. The van der Waals surface area contributed by atoms with Gasteiger partial charge in [-0.1, -0.05) is 67.4 Å². The lowest BCUT2D eigenvalue weighted by Crippen LogP contribution is -2.57. The summed E-state index contributed by atoms with van der Waals surface area (Å²) in [5.74, 6) is -0.109. The highest BCUT2D eigenvalue weighted by molar-refractivity contribution is 6.01. The molecular formula is C30H35N3O2. The van der Waals surface area contributed by atoms with Crippen LogP contribution in [0.25, 0.3) is 0 Å². The molecule has 1 fully saturated rings. The van der Waals surface area contributed by atoms with E-state index in [-0.39, 0.29) is 18.2 Å². The molecule has 5 nitrogen and oxygen atoms in total. The standard InChI is InChI=1S/C30H35N3O2/c1-23-11-7-8-14-25(23)22-33(28(34)21-24-12-5-4-6-13-24)30(19-9-10-20-30)29(35)31-26-15-17-27(18-16-26)32(2)3/h4-8,11-18H,9-10,19-22H2,1-3H3,(H,31,35). The maximum atomic E-state index is 13.9. The molecule has 0 unspecified atom stereocenters. The number of carbonyl (C=O) groups is 2. The first kappa shape index (κ1) is 24.5. The first-order valence-electron chi connectivity index (χ1n) is 12.4. The van der Waals surface area contributed by atoms with Gasteiger partial charge >= 0.3 is 0 Å². The van der Waals surface area contributed by atoms with Gasteiger partial charge in [0.2, 0.25) is 11.8 Å². The molecule has 1 aliphatic carbocycles. The summed E-state index contributed by atoms with van der Waals surface area (Å²) in [6, 6.07) is 25.7. The molecule has 2 amide bonds. The summed E-state index contributed by atoms with van der Waals surface area (Å²) in [6.45, 7) is 2.48. The summed E-state index contributed by atoms with van der Waals surface area (Å²) >= 11 is 0. The zero-order chi connectivity index (χ0) is 24.8. The van der Waals surface area contributed by atoms with Crippen LogP contribution >= 0.6 is 0 Å². The number of aryl methyl sites for hydroxylation is 1. The van der Waals surface area contributed by atoms with E-state index >= 15 is 0 Å². The first-order valence-corrected chi connectivity index (χ1v) is 12.4. The van der Waals surface area contributed by atoms with Crippen molar-refractivity contribution in [1.29, 1.82) is 0 Å². The van der Waals surface area contributed by atoms with Crippen molar-refractivity contribution in [2.45, 2.75) is 51.1 Å². The van der Waals surface area contributed by atoms with Crippen LogP contribution in [0, 0.1) is 6.92 Å². The van der Waals surface area contributed by atoms with Crippen molar-refractivity contribution in [3.63, 3.8) is 0 Å². The van der Waals surface area contributed by atoms with E-state index in [9.17, 15) is 9.59 Å². The van der Waals surface area contributed by atoms with Crippen molar-refractivity contribution >= 4 is 23.2 Å². The van der Waals surface area contributed by atoms with Crippen LogP contribution in [0.5, 0.6) is 0 Å². The van der Waals surface area contributed by atoms with Gasteiger partial charge in [0.05, 0.1) is 6.42 Å². The molecule has 0 radical (unpaired) electrons. The van der Waals surface area contributed by atoms with E-state index in [1.54, 1.807) is 0 Å². The minimum absolute atomic E-state index is 0.0144. The van der Waals surface area contributed by atoms with Gasteiger partial charge in [0.25, 0.3) is 0 Å². The molecule has 1 N–H and O–H groups in total. The normalized spacial score (nSPS) is 14.4. The number of hydrogen-bond acceptors (Lipinski definition) is 3. The zero-order valence-corrected chi connectivity index (χ0v) is 21.0. The Balaban J connectivity index is 1.66. The Morgan fingerprint density at radius 2 is 1.49 bits per heavy atom. The van der Waals surface area contributed by atoms with E-state index in [4.69, 9.17) is 0 Å². The molecule has 3 aromatic carbocycles. The quantitative estimate of drug-likeness (QED) is 0.468. The third-order valence-electron chi connectivity index (χ3n) is 7.10. The lowest BCUT2D eigenvalue weighted by molar-refractivity contribution is -0.145. The fourth-order valence-electron chi connectivity index (χ4n) is 4.97. The van der Waals surface area contributed by atoms with Crippen molar-refractivity contribution in [2.24, 2.45) is 0 Å². The van der Waals surface area contributed by atoms with Gasteiger partial charge in [-0.25, -0.2) is 0 Å². The minimum Gasteiger partial charge on any atom is -0.378 e. The van der Waals surface area contributed by atoms with E-state index in [0.717, 1.165) is 40.9 Å². The van der Waals surface area contributed by atoms with Gasteiger partial charge in [-0.05, 0) is 60.7 Å². The monoisotopic (exact) mass is 469 g/mol. The second-order valence-corrected chi connectivity index (χ2v) is 9.70. The van der Waals surface area contributed by atoms with Gasteiger partial charge in [0.1, 0.15) is 5.54 Å². The van der Waals surface area contributed by atoms with Gasteiger partial charge in [-0.3, -0.25) is 9.59 Å². The van der Waals surface area contributed by atoms with Crippen molar-refractivity contribution in [3.8, 4) is 0 Å². The number of hydrogen-bond donors (Lipinski definition) is 1. The van der Waals surface area contributed by atoms with Crippen LogP contribution in [-0.4, -0.2) is 36.3 Å². The van der Waals surface area contributed by atoms with E-state index in [1.165, 1.54) is 0 Å². The van der Waals surface area contributed by atoms with E-state index in [2.05, 4.69) is 24.4 Å². The lowest BCUT2D eigenvalue weighted by Gasteiger charge is -2.40. The van der Waals surface area contributed by atoms with Crippen LogP contribution in [0.2, 0.25) is 0 Å². The summed E-state index contributed by atoms with van der Waals surface area (Å²) in [5.41, 5.74) is 4.10. The van der Waals surface area contributed by atoms with Gasteiger partial charge in [-0.2, -0.15) is 0 Å². The van der Waals surface area contributed by atoms with Gasteiger partial charge in [0.15, 0.2) is 0 Å². The predicted molar refractivity (Wildman–Crippen MR) is 142 cm³/mol. The molecule has 0 heterocycles. The highest BCUT2D eigenvalue weighted by Crippen LogP contribution is 2.38. The zero-order valence-electron chi connectivity index (χ0n) is 21.0. The summed E-state index contributed by atoms with van der Waals surface area (Å²) in [4.78, 5) is 31.6. The molecule has 35 heavy (non-hydrogen) atoms. The number of benzene rings is 3. The van der Waals surface area contributed by atoms with E-state index in [0.29, 0.717) is 19.4 Å². The highest BCUT2D eigenvalue weighted by atomic mass is 16.2. The third kappa shape index (κ3) is 5.56. The van der Waals surface area contributed by atoms with Gasteiger partial charge in [-0.15, -0.1) is 0 Å².